The van der Waals surface area contributed by atoms with E-state index in [1.54, 1.807) is 0 Å². The molecule has 1 aromatic carbocycles. The summed E-state index contributed by atoms with van der Waals surface area (Å²) < 4.78 is 0. The van der Waals surface area contributed by atoms with Gasteiger partial charge in [0.1, 0.15) is 5.82 Å². The number of rotatable bonds is 3. The maximum Gasteiger partial charge on any atom is 0.179 e. The molecule has 0 radical (unpaired) electrons. The predicted octanol–water partition coefficient (Wildman–Crippen LogP) is 3.01. The SMILES string of the molecule is CC(C)c1nc2ccc(C(=O)C3CCCCN3)cc2[nH]1. The van der Waals surface area contributed by atoms with E-state index in [0.29, 0.717) is 5.92 Å². The Balaban J connectivity index is 1.89. The van der Waals surface area contributed by atoms with Crippen LogP contribution in [0.4, 0.5) is 0 Å². The number of hydrogen-bond donors (Lipinski definition) is 2. The number of benzene rings is 1. The molecule has 2 heterocycles. The van der Waals surface area contributed by atoms with E-state index in [1.165, 1.54) is 6.42 Å². The summed E-state index contributed by atoms with van der Waals surface area (Å²) in [5, 5.41) is 3.31. The van der Waals surface area contributed by atoms with E-state index < -0.39 is 0 Å². The number of aromatic amines is 1. The maximum atomic E-state index is 12.5. The van der Waals surface area contributed by atoms with Gasteiger partial charge in [-0.05, 0) is 37.6 Å². The molecule has 3 rings (SSSR count). The summed E-state index contributed by atoms with van der Waals surface area (Å²) >= 11 is 0. The van der Waals surface area contributed by atoms with Crippen molar-refractivity contribution in [1.82, 2.24) is 15.3 Å². The van der Waals surface area contributed by atoms with Gasteiger partial charge < -0.3 is 10.3 Å². The third kappa shape index (κ3) is 2.48. The minimum absolute atomic E-state index is 0.0197. The van der Waals surface area contributed by atoms with Crippen molar-refractivity contribution >= 4 is 16.8 Å². The van der Waals surface area contributed by atoms with Gasteiger partial charge in [0.05, 0.1) is 17.1 Å². The molecule has 106 valence electrons. The van der Waals surface area contributed by atoms with Gasteiger partial charge in [-0.2, -0.15) is 0 Å². The summed E-state index contributed by atoms with van der Waals surface area (Å²) in [4.78, 5) is 20.3. The van der Waals surface area contributed by atoms with E-state index in [4.69, 9.17) is 0 Å². The Hall–Kier alpha value is -1.68. The van der Waals surface area contributed by atoms with Crippen LogP contribution in [0, 0.1) is 0 Å². The Labute approximate surface area is 119 Å². The monoisotopic (exact) mass is 271 g/mol. The van der Waals surface area contributed by atoms with Crippen LogP contribution in [0.25, 0.3) is 11.0 Å². The maximum absolute atomic E-state index is 12.5. The van der Waals surface area contributed by atoms with Crippen LogP contribution in [0.2, 0.25) is 0 Å². The zero-order chi connectivity index (χ0) is 14.1. The van der Waals surface area contributed by atoms with Crippen LogP contribution in [0.5, 0.6) is 0 Å². The van der Waals surface area contributed by atoms with Crippen molar-refractivity contribution in [3.63, 3.8) is 0 Å². The second kappa shape index (κ2) is 5.37. The Morgan fingerprint density at radius 2 is 2.20 bits per heavy atom. The molecule has 4 heteroatoms. The van der Waals surface area contributed by atoms with Gasteiger partial charge in [0.25, 0.3) is 0 Å². The highest BCUT2D eigenvalue weighted by atomic mass is 16.1. The average Bonchev–Trinajstić information content (AvgIpc) is 2.90. The average molecular weight is 271 g/mol. The largest absolute Gasteiger partial charge is 0.342 e. The molecule has 1 saturated heterocycles. The van der Waals surface area contributed by atoms with Crippen molar-refractivity contribution in [2.45, 2.75) is 45.1 Å². The van der Waals surface area contributed by atoms with Crippen molar-refractivity contribution in [3.05, 3.63) is 29.6 Å². The lowest BCUT2D eigenvalue weighted by atomic mass is 9.96. The quantitative estimate of drug-likeness (QED) is 0.844. The van der Waals surface area contributed by atoms with Gasteiger partial charge >= 0.3 is 0 Å². The molecule has 4 nitrogen and oxygen atoms in total. The molecule has 1 fully saturated rings. The molecule has 1 aliphatic heterocycles. The van der Waals surface area contributed by atoms with E-state index in [2.05, 4.69) is 29.1 Å². The van der Waals surface area contributed by atoms with Crippen LogP contribution >= 0.6 is 0 Å². The summed E-state index contributed by atoms with van der Waals surface area (Å²) in [6, 6.07) is 5.75. The first-order valence-corrected chi connectivity index (χ1v) is 7.42. The second-order valence-electron chi connectivity index (χ2n) is 5.88. The van der Waals surface area contributed by atoms with Crippen LogP contribution < -0.4 is 5.32 Å². The third-order valence-corrected chi connectivity index (χ3v) is 3.96. The van der Waals surface area contributed by atoms with Gasteiger partial charge in [0, 0.05) is 11.5 Å². The first kappa shape index (κ1) is 13.3. The molecule has 2 aromatic rings. The van der Waals surface area contributed by atoms with Crippen molar-refractivity contribution in [2.24, 2.45) is 0 Å². The first-order chi connectivity index (χ1) is 9.65. The molecular weight excluding hydrogens is 250 g/mol. The predicted molar refractivity (Wildman–Crippen MR) is 80.2 cm³/mol. The molecule has 2 N–H and O–H groups in total. The van der Waals surface area contributed by atoms with E-state index >= 15 is 0 Å². The second-order valence-corrected chi connectivity index (χ2v) is 5.88. The number of hydrogen-bond acceptors (Lipinski definition) is 3. The summed E-state index contributed by atoms with van der Waals surface area (Å²) in [6.45, 7) is 5.16. The molecule has 1 aliphatic rings. The van der Waals surface area contributed by atoms with Crippen molar-refractivity contribution in [2.75, 3.05) is 6.54 Å². The number of carbonyl (C=O) groups excluding carboxylic acids is 1. The Kier molecular flexibility index (Phi) is 3.57. The molecule has 1 aromatic heterocycles. The number of H-pyrrole nitrogens is 1. The summed E-state index contributed by atoms with van der Waals surface area (Å²) in [5.41, 5.74) is 2.66. The highest BCUT2D eigenvalue weighted by Gasteiger charge is 2.22. The summed E-state index contributed by atoms with van der Waals surface area (Å²) in [6.07, 6.45) is 3.24. The van der Waals surface area contributed by atoms with E-state index in [-0.39, 0.29) is 11.8 Å². The minimum Gasteiger partial charge on any atom is -0.342 e. The molecule has 0 bridgehead atoms. The van der Waals surface area contributed by atoms with Gasteiger partial charge in [-0.1, -0.05) is 20.3 Å². The van der Waals surface area contributed by atoms with E-state index in [1.807, 2.05) is 18.2 Å². The minimum atomic E-state index is -0.0197. The number of piperidine rings is 1. The zero-order valence-corrected chi connectivity index (χ0v) is 12.1. The number of carbonyl (C=O) groups is 1. The molecule has 0 saturated carbocycles. The number of imidazole rings is 1. The number of nitrogens with zero attached hydrogens (tertiary/aromatic N) is 1. The fourth-order valence-corrected chi connectivity index (χ4v) is 2.73. The third-order valence-electron chi connectivity index (χ3n) is 3.96. The van der Waals surface area contributed by atoms with Crippen molar-refractivity contribution in [1.29, 1.82) is 0 Å². The van der Waals surface area contributed by atoms with Crippen LogP contribution in [0.3, 0.4) is 0 Å². The summed E-state index contributed by atoms with van der Waals surface area (Å²) in [7, 11) is 0. The van der Waals surface area contributed by atoms with Gasteiger partial charge in [0.15, 0.2) is 5.78 Å². The number of nitrogens with one attached hydrogen (secondary N) is 2. The lowest BCUT2D eigenvalue weighted by molar-refractivity contribution is 0.0927. The van der Waals surface area contributed by atoms with Crippen LogP contribution in [-0.2, 0) is 0 Å². The zero-order valence-electron chi connectivity index (χ0n) is 12.1. The first-order valence-electron chi connectivity index (χ1n) is 7.42. The lowest BCUT2D eigenvalue weighted by Gasteiger charge is -2.22. The highest BCUT2D eigenvalue weighted by Crippen LogP contribution is 2.20. The Morgan fingerprint density at radius 1 is 1.35 bits per heavy atom. The fourth-order valence-electron chi connectivity index (χ4n) is 2.73. The Bertz CT molecular complexity index is 624. The van der Waals surface area contributed by atoms with Crippen LogP contribution in [0.1, 0.15) is 55.2 Å². The smallest absolute Gasteiger partial charge is 0.179 e. The summed E-state index contributed by atoms with van der Waals surface area (Å²) in [5.74, 6) is 1.54. The number of fused-ring (bicyclic) bond motifs is 1. The molecule has 0 aliphatic carbocycles. The van der Waals surface area contributed by atoms with E-state index in [0.717, 1.165) is 41.8 Å². The standard InChI is InChI=1S/C16H21N3O/c1-10(2)16-18-12-7-6-11(9-14(12)19-16)15(20)13-5-3-4-8-17-13/h6-7,9-10,13,17H,3-5,8H2,1-2H3,(H,18,19). The van der Waals surface area contributed by atoms with Crippen LogP contribution in [-0.4, -0.2) is 28.3 Å². The Morgan fingerprint density at radius 3 is 2.90 bits per heavy atom. The molecule has 1 unspecified atom stereocenters. The fraction of sp³-hybridized carbons (Fsp3) is 0.500. The molecular formula is C16H21N3O. The topological polar surface area (TPSA) is 57.8 Å². The van der Waals surface area contributed by atoms with Gasteiger partial charge in [-0.15, -0.1) is 0 Å². The number of Topliss-reactive ketones (excluding diaryl/α,β-unsaturated/α-hetero) is 1. The number of ketones is 1. The van der Waals surface area contributed by atoms with Crippen molar-refractivity contribution in [3.8, 4) is 0 Å². The normalized spacial score (nSPS) is 19.6. The van der Waals surface area contributed by atoms with E-state index in [9.17, 15) is 4.79 Å². The molecule has 0 spiro atoms. The van der Waals surface area contributed by atoms with Gasteiger partial charge in [-0.25, -0.2) is 4.98 Å². The lowest BCUT2D eigenvalue weighted by Crippen LogP contribution is -2.40. The molecule has 20 heavy (non-hydrogen) atoms. The number of aromatic nitrogens is 2. The van der Waals surface area contributed by atoms with Crippen molar-refractivity contribution < 1.29 is 4.79 Å². The van der Waals surface area contributed by atoms with Crippen LogP contribution in [0.15, 0.2) is 18.2 Å². The highest BCUT2D eigenvalue weighted by molar-refractivity contribution is 6.02. The van der Waals surface area contributed by atoms with Gasteiger partial charge in [-0.3, -0.25) is 4.79 Å². The molecule has 1 atom stereocenters. The molecule has 0 amide bonds. The van der Waals surface area contributed by atoms with Gasteiger partial charge in [0.2, 0.25) is 0 Å².